The molecule has 3 aromatic heterocycles. The van der Waals surface area contributed by atoms with Gasteiger partial charge in [-0.2, -0.15) is 13.2 Å². The van der Waals surface area contributed by atoms with E-state index < -0.39 is 12.7 Å². The Labute approximate surface area is 159 Å². The summed E-state index contributed by atoms with van der Waals surface area (Å²) in [6.45, 7) is 2.69. The molecule has 7 nitrogen and oxygen atoms in total. The minimum Gasteiger partial charge on any atom is -0.358 e. The van der Waals surface area contributed by atoms with Crippen LogP contribution in [0, 0.1) is 0 Å². The number of aromatic nitrogens is 4. The quantitative estimate of drug-likeness (QED) is 0.738. The molecule has 1 aliphatic heterocycles. The number of hydrogen-bond donors (Lipinski definition) is 1. The molecule has 148 valence electrons. The van der Waals surface area contributed by atoms with E-state index in [1.54, 1.807) is 23.0 Å². The lowest BCUT2D eigenvalue weighted by Crippen LogP contribution is -2.44. The van der Waals surface area contributed by atoms with Gasteiger partial charge in [0.1, 0.15) is 12.4 Å². The molecule has 0 aromatic carbocycles. The molecule has 0 bridgehead atoms. The second-order valence-electron chi connectivity index (χ2n) is 6.78. The van der Waals surface area contributed by atoms with Crippen molar-refractivity contribution in [1.82, 2.24) is 24.3 Å². The molecule has 0 radical (unpaired) electrons. The largest absolute Gasteiger partial charge is 0.405 e. The number of anilines is 2. The van der Waals surface area contributed by atoms with Crippen molar-refractivity contribution >= 4 is 17.3 Å². The summed E-state index contributed by atoms with van der Waals surface area (Å²) in [6, 6.07) is 3.91. The molecule has 4 heterocycles. The van der Waals surface area contributed by atoms with Gasteiger partial charge in [-0.15, -0.1) is 0 Å². The normalized spacial score (nSPS) is 15.9. The molecule has 0 amide bonds. The Kier molecular flexibility index (Phi) is 4.80. The highest BCUT2D eigenvalue weighted by atomic mass is 19.4. The van der Waals surface area contributed by atoms with Crippen LogP contribution in [0.3, 0.4) is 0 Å². The molecular formula is C18H20F3N7. The summed E-state index contributed by atoms with van der Waals surface area (Å²) < 4.78 is 39.2. The highest BCUT2D eigenvalue weighted by molar-refractivity contribution is 5.70. The first-order chi connectivity index (χ1) is 13.4. The first-order valence-electron chi connectivity index (χ1n) is 8.93. The van der Waals surface area contributed by atoms with Crippen molar-refractivity contribution in [3.05, 3.63) is 36.9 Å². The summed E-state index contributed by atoms with van der Waals surface area (Å²) in [5.74, 6) is 1.01. The number of fused-ring (bicyclic) bond motifs is 1. The third-order valence-corrected chi connectivity index (χ3v) is 4.76. The van der Waals surface area contributed by atoms with E-state index in [1.807, 2.05) is 12.1 Å². The second-order valence-corrected chi connectivity index (χ2v) is 6.78. The number of hydrogen-bond acceptors (Lipinski definition) is 6. The predicted octanol–water partition coefficient (Wildman–Crippen LogP) is 2.52. The lowest BCUT2D eigenvalue weighted by Gasteiger charge is -2.33. The molecule has 0 unspecified atom stereocenters. The average Bonchev–Trinajstić information content (AvgIpc) is 3.11. The maximum absolute atomic E-state index is 12.5. The Hall–Kier alpha value is -2.88. The molecule has 0 saturated carbocycles. The standard InChI is InChI=1S/C18H20F3N7/c1-26-6-8-27(9-7-26)15-3-2-13(10-23-15)14-11-24-17-16(22-4-5-28(14)17)25-12-18(19,20)21/h2-5,10-11H,6-9,12H2,1H3,(H,22,25). The van der Waals surface area contributed by atoms with E-state index in [4.69, 9.17) is 0 Å². The number of piperazine rings is 1. The Morgan fingerprint density at radius 1 is 1.04 bits per heavy atom. The van der Waals surface area contributed by atoms with Crippen molar-refractivity contribution in [2.24, 2.45) is 0 Å². The molecule has 1 fully saturated rings. The van der Waals surface area contributed by atoms with Gasteiger partial charge in [0.15, 0.2) is 11.5 Å². The zero-order valence-electron chi connectivity index (χ0n) is 15.3. The minimum absolute atomic E-state index is 0.0908. The van der Waals surface area contributed by atoms with Gasteiger partial charge in [0.2, 0.25) is 0 Å². The first kappa shape index (κ1) is 18.5. The number of rotatable bonds is 4. The smallest absolute Gasteiger partial charge is 0.358 e. The van der Waals surface area contributed by atoms with Crippen molar-refractivity contribution in [2.45, 2.75) is 6.18 Å². The van der Waals surface area contributed by atoms with Crippen LogP contribution in [0.15, 0.2) is 36.9 Å². The number of nitrogens with zero attached hydrogens (tertiary/aromatic N) is 6. The lowest BCUT2D eigenvalue weighted by atomic mass is 10.2. The van der Waals surface area contributed by atoms with Crippen LogP contribution < -0.4 is 10.2 Å². The van der Waals surface area contributed by atoms with E-state index in [2.05, 4.69) is 37.1 Å². The fraction of sp³-hybridized carbons (Fsp3) is 0.389. The number of alkyl halides is 3. The summed E-state index contributed by atoms with van der Waals surface area (Å²) in [4.78, 5) is 17.3. The third-order valence-electron chi connectivity index (χ3n) is 4.76. The Morgan fingerprint density at radius 2 is 1.82 bits per heavy atom. The summed E-state index contributed by atoms with van der Waals surface area (Å²) in [6.07, 6.45) is 2.17. The molecule has 1 saturated heterocycles. The Balaban J connectivity index is 1.57. The first-order valence-corrected chi connectivity index (χ1v) is 8.93. The Morgan fingerprint density at radius 3 is 2.50 bits per heavy atom. The van der Waals surface area contributed by atoms with E-state index in [9.17, 15) is 13.2 Å². The minimum atomic E-state index is -4.33. The molecule has 0 spiro atoms. The zero-order chi connectivity index (χ0) is 19.7. The van der Waals surface area contributed by atoms with Crippen LogP contribution in [0.1, 0.15) is 0 Å². The van der Waals surface area contributed by atoms with Crippen molar-refractivity contribution in [1.29, 1.82) is 0 Å². The van der Waals surface area contributed by atoms with Crippen LogP contribution in [0.2, 0.25) is 0 Å². The lowest BCUT2D eigenvalue weighted by molar-refractivity contribution is -0.115. The highest BCUT2D eigenvalue weighted by Gasteiger charge is 2.27. The van der Waals surface area contributed by atoms with Crippen LogP contribution in [0.25, 0.3) is 16.9 Å². The number of halogens is 3. The molecule has 3 aromatic rings. The molecule has 0 atom stereocenters. The van der Waals surface area contributed by atoms with Crippen LogP contribution in [0.5, 0.6) is 0 Å². The second kappa shape index (κ2) is 7.27. The van der Waals surface area contributed by atoms with Gasteiger partial charge >= 0.3 is 6.18 Å². The van der Waals surface area contributed by atoms with Gasteiger partial charge in [0, 0.05) is 50.3 Å². The van der Waals surface area contributed by atoms with Gasteiger partial charge < -0.3 is 15.1 Å². The SMILES string of the molecule is CN1CCN(c2ccc(-c3cnc4c(NCC(F)(F)F)nccn34)cn2)CC1. The van der Waals surface area contributed by atoms with Crippen LogP contribution in [-0.4, -0.2) is 70.2 Å². The molecule has 28 heavy (non-hydrogen) atoms. The molecular weight excluding hydrogens is 371 g/mol. The van der Waals surface area contributed by atoms with Gasteiger partial charge in [0.05, 0.1) is 11.9 Å². The summed E-state index contributed by atoms with van der Waals surface area (Å²) in [5.41, 5.74) is 1.91. The molecule has 0 aliphatic carbocycles. The van der Waals surface area contributed by atoms with Crippen molar-refractivity contribution in [2.75, 3.05) is 50.0 Å². The molecule has 4 rings (SSSR count). The van der Waals surface area contributed by atoms with Crippen LogP contribution in [0.4, 0.5) is 24.8 Å². The van der Waals surface area contributed by atoms with E-state index in [1.165, 1.54) is 6.20 Å². The molecule has 1 aliphatic rings. The van der Waals surface area contributed by atoms with E-state index in [0.29, 0.717) is 5.65 Å². The van der Waals surface area contributed by atoms with Gasteiger partial charge in [-0.05, 0) is 19.2 Å². The topological polar surface area (TPSA) is 61.6 Å². The van der Waals surface area contributed by atoms with E-state index >= 15 is 0 Å². The average molecular weight is 391 g/mol. The summed E-state index contributed by atoms with van der Waals surface area (Å²) in [5, 5.41) is 2.30. The van der Waals surface area contributed by atoms with Crippen LogP contribution in [-0.2, 0) is 0 Å². The zero-order valence-corrected chi connectivity index (χ0v) is 15.3. The summed E-state index contributed by atoms with van der Waals surface area (Å²) in [7, 11) is 2.10. The van der Waals surface area contributed by atoms with E-state index in [-0.39, 0.29) is 5.82 Å². The molecule has 10 heteroatoms. The molecule has 1 N–H and O–H groups in total. The Bertz CT molecular complexity index is 944. The van der Waals surface area contributed by atoms with Gasteiger partial charge in [-0.3, -0.25) is 4.40 Å². The van der Waals surface area contributed by atoms with Gasteiger partial charge in [-0.25, -0.2) is 15.0 Å². The summed E-state index contributed by atoms with van der Waals surface area (Å²) >= 11 is 0. The van der Waals surface area contributed by atoms with Crippen molar-refractivity contribution in [3.63, 3.8) is 0 Å². The third kappa shape index (κ3) is 3.86. The predicted molar refractivity (Wildman–Crippen MR) is 100 cm³/mol. The maximum Gasteiger partial charge on any atom is 0.405 e. The maximum atomic E-state index is 12.5. The number of pyridine rings is 1. The van der Waals surface area contributed by atoms with E-state index in [0.717, 1.165) is 43.3 Å². The van der Waals surface area contributed by atoms with Crippen LogP contribution >= 0.6 is 0 Å². The highest BCUT2D eigenvalue weighted by Crippen LogP contribution is 2.25. The number of imidazole rings is 1. The fourth-order valence-electron chi connectivity index (χ4n) is 3.20. The van der Waals surface area contributed by atoms with Crippen molar-refractivity contribution < 1.29 is 13.2 Å². The van der Waals surface area contributed by atoms with Gasteiger partial charge in [-0.1, -0.05) is 0 Å². The monoisotopic (exact) mass is 391 g/mol. The van der Waals surface area contributed by atoms with Gasteiger partial charge in [0.25, 0.3) is 0 Å². The number of likely N-dealkylation sites (N-methyl/N-ethyl adjacent to an activating group) is 1. The number of nitrogens with one attached hydrogen (secondary N) is 1. The fourth-order valence-corrected chi connectivity index (χ4v) is 3.20. The van der Waals surface area contributed by atoms with Crippen molar-refractivity contribution in [3.8, 4) is 11.3 Å².